The van der Waals surface area contributed by atoms with Gasteiger partial charge in [-0.3, -0.25) is 9.80 Å². The smallest absolute Gasteiger partial charge is 0.279 e. The average Bonchev–Trinajstić information content (AvgIpc) is 3.72. The fraction of sp³-hybridized carbons (Fsp3) is 0.0476. The van der Waals surface area contributed by atoms with Gasteiger partial charge in [-0.1, -0.05) is 68.1 Å². The lowest BCUT2D eigenvalue weighted by atomic mass is 10.2. The molecule has 58 heavy (non-hydrogen) atoms. The maximum Gasteiger partial charge on any atom is 0.435 e. The Labute approximate surface area is 346 Å². The van der Waals surface area contributed by atoms with Gasteiger partial charge in [0.2, 0.25) is 11.9 Å². The lowest BCUT2D eigenvalue weighted by Gasteiger charge is -2.24. The van der Waals surface area contributed by atoms with Crippen molar-refractivity contribution in [2.24, 2.45) is 0 Å². The molecule has 2 aromatic carbocycles. The van der Waals surface area contributed by atoms with Gasteiger partial charge in [-0.05, 0) is 123 Å². The van der Waals surface area contributed by atoms with Crippen molar-refractivity contribution in [3.05, 3.63) is 185 Å². The molecule has 8 aromatic rings. The Balaban J connectivity index is 0.000000220. The Morgan fingerprint density at radius 1 is 0.500 bits per heavy atom. The normalized spacial score (nSPS) is 10.9. The molecule has 0 radical (unpaired) electrons. The van der Waals surface area contributed by atoms with Gasteiger partial charge in [-0.25, -0.2) is 24.6 Å². The van der Waals surface area contributed by atoms with Gasteiger partial charge in [0.1, 0.15) is 32.5 Å². The van der Waals surface area contributed by atoms with Crippen molar-refractivity contribution < 1.29 is 22.0 Å². The van der Waals surface area contributed by atoms with E-state index in [1.165, 1.54) is 18.3 Å². The van der Waals surface area contributed by atoms with Crippen molar-refractivity contribution in [1.29, 1.82) is 0 Å². The van der Waals surface area contributed by atoms with Gasteiger partial charge in [-0.15, -0.1) is 0 Å². The van der Waals surface area contributed by atoms with Gasteiger partial charge in [0.05, 0.1) is 11.3 Å². The minimum absolute atomic E-state index is 0. The summed E-state index contributed by atoms with van der Waals surface area (Å²) in [6.07, 6.45) is -3.42. The highest BCUT2D eigenvalue weighted by Crippen LogP contribution is 2.35. The highest BCUT2D eigenvalue weighted by atomic mass is 79.9. The molecule has 0 atom stereocenters. The van der Waals surface area contributed by atoms with Crippen molar-refractivity contribution in [3.8, 4) is 17.1 Å². The molecular weight excluding hydrogens is 885 g/mol. The summed E-state index contributed by atoms with van der Waals surface area (Å²) in [4.78, 5) is 25.0. The summed E-state index contributed by atoms with van der Waals surface area (Å²) >= 11 is 6.85. The van der Waals surface area contributed by atoms with Gasteiger partial charge in [0.25, 0.3) is 0 Å². The lowest BCUT2D eigenvalue weighted by Crippen LogP contribution is -2.14. The molecule has 0 amide bonds. The minimum atomic E-state index is -4.59. The molecule has 9 nitrogen and oxygen atoms in total. The van der Waals surface area contributed by atoms with E-state index in [0.29, 0.717) is 17.3 Å². The summed E-state index contributed by atoms with van der Waals surface area (Å²) in [7, 11) is 0. The molecule has 6 heterocycles. The van der Waals surface area contributed by atoms with Gasteiger partial charge in [-0.2, -0.15) is 32.0 Å². The van der Waals surface area contributed by atoms with Crippen LogP contribution in [0.5, 0.6) is 0 Å². The first-order valence-electron chi connectivity index (χ1n) is 16.9. The van der Waals surface area contributed by atoms with E-state index in [0.717, 1.165) is 43.3 Å². The van der Waals surface area contributed by atoms with Crippen molar-refractivity contribution in [2.75, 3.05) is 9.80 Å². The van der Waals surface area contributed by atoms with Gasteiger partial charge < -0.3 is 0 Å². The number of alkyl halides is 3. The monoisotopic (exact) mass is 913 g/mol. The lowest BCUT2D eigenvalue weighted by molar-refractivity contribution is -0.141. The summed E-state index contributed by atoms with van der Waals surface area (Å²) < 4.78 is 69.3. The number of para-hydroxylation sites is 2. The van der Waals surface area contributed by atoms with Crippen molar-refractivity contribution in [2.45, 2.75) is 13.6 Å². The molecule has 6 aromatic heterocycles. The molecule has 0 saturated heterocycles. The van der Waals surface area contributed by atoms with Gasteiger partial charge >= 0.3 is 6.18 Å². The summed E-state index contributed by atoms with van der Waals surface area (Å²) in [5.74, 6) is 0.460. The average molecular weight is 916 g/mol. The molecule has 0 aliphatic heterocycles. The molecule has 0 aliphatic carbocycles. The van der Waals surface area contributed by atoms with Crippen molar-refractivity contribution in [3.63, 3.8) is 0 Å². The zero-order valence-electron chi connectivity index (χ0n) is 29.2. The number of nitrogens with zero attached hydrogens (tertiary/aromatic N) is 9. The first-order chi connectivity index (χ1) is 27.5. The largest absolute Gasteiger partial charge is 0.435 e. The molecule has 0 fully saturated rings. The van der Waals surface area contributed by atoms with E-state index in [2.05, 4.69) is 61.9 Å². The van der Waals surface area contributed by atoms with Crippen LogP contribution < -0.4 is 9.80 Å². The van der Waals surface area contributed by atoms with E-state index in [-0.39, 0.29) is 24.5 Å². The number of halogens is 7. The van der Waals surface area contributed by atoms with Crippen LogP contribution in [0, 0.1) is 11.9 Å². The topological polar surface area (TPSA) is 88.8 Å². The second kappa shape index (κ2) is 18.3. The summed E-state index contributed by atoms with van der Waals surface area (Å²) in [6, 6.07) is 43.5. The number of rotatable bonds is 8. The number of benzene rings is 2. The van der Waals surface area contributed by atoms with Crippen LogP contribution >= 0.6 is 31.9 Å². The van der Waals surface area contributed by atoms with Gasteiger partial charge in [0.15, 0.2) is 11.5 Å². The van der Waals surface area contributed by atoms with E-state index in [9.17, 15) is 22.0 Å². The molecule has 0 unspecified atom stereocenters. The highest BCUT2D eigenvalue weighted by molar-refractivity contribution is 9.10. The molecule has 0 spiro atoms. The van der Waals surface area contributed by atoms with E-state index in [1.54, 1.807) is 59.5 Å². The maximum atomic E-state index is 14.3. The number of hydrogen-bond acceptors (Lipinski definition) is 8. The molecule has 16 heteroatoms. The molecular formula is C42H30Br2F5N9. The van der Waals surface area contributed by atoms with Crippen LogP contribution in [0.25, 0.3) is 17.1 Å². The van der Waals surface area contributed by atoms with Crippen molar-refractivity contribution in [1.82, 2.24) is 34.7 Å². The first kappa shape index (κ1) is 41.2. The number of anilines is 6. The fourth-order valence-corrected chi connectivity index (χ4v) is 6.20. The highest BCUT2D eigenvalue weighted by Gasteiger charge is 2.33. The summed E-state index contributed by atoms with van der Waals surface area (Å²) in [5, 5.41) is 3.58. The molecule has 292 valence electrons. The second-order valence-electron chi connectivity index (χ2n) is 11.8. The maximum absolute atomic E-state index is 14.3. The Morgan fingerprint density at radius 3 is 1.50 bits per heavy atom. The van der Waals surface area contributed by atoms with E-state index in [4.69, 9.17) is 0 Å². The second-order valence-corrected chi connectivity index (χ2v) is 13.5. The Morgan fingerprint density at radius 2 is 1.00 bits per heavy atom. The molecule has 0 bridgehead atoms. The van der Waals surface area contributed by atoms with E-state index >= 15 is 0 Å². The Bertz CT molecular complexity index is 2570. The fourth-order valence-electron chi connectivity index (χ4n) is 5.53. The molecule has 8 rings (SSSR count). The zero-order valence-corrected chi connectivity index (χ0v) is 32.4. The third-order valence-electron chi connectivity index (χ3n) is 8.01. The predicted octanol–water partition coefficient (Wildman–Crippen LogP) is 12.6. The quantitative estimate of drug-likeness (QED) is 0.110. The third-order valence-corrected chi connectivity index (χ3v) is 8.89. The SMILES string of the molecule is Brc1cccc(N(c2ccccc2)c2cccc(Br)n2)n1.C.Fc1ccc(-c2cccc(N(c3ccccc3)c3cccc(-n4ccc(C(F)(F)F)n4)n3)n2)c(F)n1. The number of hydrogen-bond donors (Lipinski definition) is 0. The van der Waals surface area contributed by atoms with Crippen LogP contribution in [-0.2, 0) is 6.18 Å². The first-order valence-corrected chi connectivity index (χ1v) is 18.5. The minimum Gasteiger partial charge on any atom is -0.279 e. The van der Waals surface area contributed by atoms with Crippen LogP contribution in [0.4, 0.5) is 56.6 Å². The van der Waals surface area contributed by atoms with Crippen LogP contribution in [-0.4, -0.2) is 34.7 Å². The third kappa shape index (κ3) is 9.76. The number of aromatic nitrogens is 7. The van der Waals surface area contributed by atoms with Crippen LogP contribution in [0.15, 0.2) is 167 Å². The van der Waals surface area contributed by atoms with E-state index in [1.807, 2.05) is 77.7 Å². The summed E-state index contributed by atoms with van der Waals surface area (Å²) in [5.41, 5.74) is 0.814. The van der Waals surface area contributed by atoms with E-state index < -0.39 is 23.8 Å². The van der Waals surface area contributed by atoms with Gasteiger partial charge in [0, 0.05) is 17.6 Å². The molecule has 0 saturated carbocycles. The molecule has 0 aliphatic rings. The Kier molecular flexibility index (Phi) is 13.0. The molecule has 0 N–H and O–H groups in total. The summed E-state index contributed by atoms with van der Waals surface area (Å²) in [6.45, 7) is 0. The predicted molar refractivity (Wildman–Crippen MR) is 221 cm³/mol. The van der Waals surface area contributed by atoms with Crippen LogP contribution in [0.1, 0.15) is 13.1 Å². The Hall–Kier alpha value is -6.39. The standard InChI is InChI=1S/C25H15F5N6.C16H11Br2N3.CH4/c26-20-13-12-17(24(27)32-20)18-8-4-10-22(31-18)36(16-6-2-1-3-7-16)23-11-5-9-21(33-23)35-15-14-19(34-35)25(28,29)30;17-13-8-4-10-15(19-13)21(12-6-2-1-3-7-12)16-11-5-9-14(18)20-16;/h1-15H;1-11H;1H4. The van der Waals surface area contributed by atoms with Crippen LogP contribution in [0.2, 0.25) is 0 Å². The number of pyridine rings is 5. The van der Waals surface area contributed by atoms with Crippen molar-refractivity contribution >= 4 is 66.5 Å². The van der Waals surface area contributed by atoms with Crippen LogP contribution in [0.3, 0.4) is 0 Å². The zero-order chi connectivity index (χ0) is 39.9.